The lowest BCUT2D eigenvalue weighted by atomic mass is 9.92. The van der Waals surface area contributed by atoms with E-state index in [1.807, 2.05) is 18.3 Å². The van der Waals surface area contributed by atoms with Gasteiger partial charge in [0, 0.05) is 42.1 Å². The van der Waals surface area contributed by atoms with Crippen LogP contribution in [0.4, 0.5) is 11.8 Å². The molecule has 0 aliphatic carbocycles. The van der Waals surface area contributed by atoms with Crippen molar-refractivity contribution >= 4 is 22.7 Å². The molecular weight excluding hydrogens is 372 g/mol. The highest BCUT2D eigenvalue weighted by molar-refractivity contribution is 5.78. The van der Waals surface area contributed by atoms with Crippen molar-refractivity contribution < 1.29 is 0 Å². The highest BCUT2D eigenvalue weighted by Gasteiger charge is 2.22. The molecule has 0 atom stereocenters. The molecule has 1 fully saturated rings. The fourth-order valence-corrected chi connectivity index (χ4v) is 4.10. The van der Waals surface area contributed by atoms with Gasteiger partial charge in [-0.1, -0.05) is 18.2 Å². The normalized spacial score (nSPS) is 15.3. The van der Waals surface area contributed by atoms with Gasteiger partial charge in [-0.05, 0) is 67.9 Å². The number of fused-ring (bicyclic) bond motifs is 1. The first-order chi connectivity index (χ1) is 14.8. The summed E-state index contributed by atoms with van der Waals surface area (Å²) >= 11 is 0. The largest absolute Gasteiger partial charge is 0.309 e. The Morgan fingerprint density at radius 1 is 0.867 bits per heavy atom. The minimum Gasteiger partial charge on any atom is -0.309 e. The van der Waals surface area contributed by atoms with Crippen molar-refractivity contribution in [1.82, 2.24) is 24.8 Å². The van der Waals surface area contributed by atoms with E-state index in [9.17, 15) is 0 Å². The van der Waals surface area contributed by atoms with Crippen LogP contribution in [-0.4, -0.2) is 37.9 Å². The molecule has 0 amide bonds. The van der Waals surface area contributed by atoms with Gasteiger partial charge in [-0.3, -0.25) is 9.88 Å². The number of anilines is 2. The van der Waals surface area contributed by atoms with Gasteiger partial charge in [-0.2, -0.15) is 0 Å². The number of nitrogens with zero attached hydrogens (tertiary/aromatic N) is 5. The maximum Gasteiger partial charge on any atom is 0.228 e. The predicted molar refractivity (Wildman–Crippen MR) is 119 cm³/mol. The average Bonchev–Trinajstić information content (AvgIpc) is 2.80. The zero-order valence-corrected chi connectivity index (χ0v) is 16.8. The third-order valence-electron chi connectivity index (χ3n) is 5.66. The Labute approximate surface area is 176 Å². The Morgan fingerprint density at radius 2 is 1.70 bits per heavy atom. The minimum absolute atomic E-state index is 0.487. The summed E-state index contributed by atoms with van der Waals surface area (Å²) in [4.78, 5) is 20.2. The fraction of sp³-hybridized carbons (Fsp3) is 0.250. The molecule has 0 radical (unpaired) electrons. The van der Waals surface area contributed by atoms with Crippen molar-refractivity contribution in [3.8, 4) is 0 Å². The summed E-state index contributed by atoms with van der Waals surface area (Å²) in [6.45, 7) is 3.14. The van der Waals surface area contributed by atoms with Gasteiger partial charge in [-0.15, -0.1) is 0 Å². The molecule has 3 aromatic heterocycles. The van der Waals surface area contributed by atoms with Gasteiger partial charge < -0.3 is 5.32 Å². The van der Waals surface area contributed by atoms with Gasteiger partial charge in [0.15, 0.2) is 0 Å². The molecule has 0 saturated carbocycles. The second kappa shape index (κ2) is 8.55. The molecule has 1 saturated heterocycles. The van der Waals surface area contributed by atoms with E-state index >= 15 is 0 Å². The number of benzene rings is 1. The molecule has 4 heterocycles. The summed E-state index contributed by atoms with van der Waals surface area (Å²) in [7, 11) is 0. The molecule has 5 rings (SSSR count). The van der Waals surface area contributed by atoms with E-state index in [4.69, 9.17) is 4.98 Å². The summed E-state index contributed by atoms with van der Waals surface area (Å²) in [5.74, 6) is 1.86. The molecule has 6 nitrogen and oxygen atoms in total. The Balaban J connectivity index is 1.21. The zero-order valence-electron chi connectivity index (χ0n) is 16.8. The smallest absolute Gasteiger partial charge is 0.228 e. The molecule has 1 aliphatic heterocycles. The van der Waals surface area contributed by atoms with Crippen LogP contribution in [-0.2, 0) is 6.54 Å². The highest BCUT2D eigenvalue weighted by Crippen LogP contribution is 2.28. The number of nitrogens with one attached hydrogen (secondary N) is 1. The number of rotatable bonds is 5. The third kappa shape index (κ3) is 4.28. The molecule has 1 N–H and O–H groups in total. The standard InChI is InChI=1S/C24H24N6/c1-5-22(28-23(6-1)29-24-26-12-3-13-27-24)19-9-14-30(15-10-19)17-18-7-8-21-20(16-18)4-2-11-25-21/h1-8,11-13,16,19H,9-10,14-15,17H2,(H,26,27,28,29). The quantitative estimate of drug-likeness (QED) is 0.534. The van der Waals surface area contributed by atoms with Crippen molar-refractivity contribution in [2.45, 2.75) is 25.3 Å². The summed E-state index contributed by atoms with van der Waals surface area (Å²) in [6.07, 6.45) is 7.53. The topological polar surface area (TPSA) is 66.8 Å². The maximum atomic E-state index is 4.82. The van der Waals surface area contributed by atoms with Crippen LogP contribution in [0, 0.1) is 0 Å². The number of pyridine rings is 2. The Kier molecular flexibility index (Phi) is 5.31. The molecule has 6 heteroatoms. The Hall–Kier alpha value is -3.38. The summed E-state index contributed by atoms with van der Waals surface area (Å²) < 4.78 is 0. The average molecular weight is 396 g/mol. The second-order valence-corrected chi connectivity index (χ2v) is 7.73. The monoisotopic (exact) mass is 396 g/mol. The highest BCUT2D eigenvalue weighted by atomic mass is 15.1. The van der Waals surface area contributed by atoms with Crippen LogP contribution < -0.4 is 5.32 Å². The first-order valence-electron chi connectivity index (χ1n) is 10.4. The van der Waals surface area contributed by atoms with Crippen molar-refractivity contribution in [3.63, 3.8) is 0 Å². The van der Waals surface area contributed by atoms with Crippen LogP contribution in [0.25, 0.3) is 10.9 Å². The van der Waals surface area contributed by atoms with E-state index in [-0.39, 0.29) is 0 Å². The number of likely N-dealkylation sites (tertiary alicyclic amines) is 1. The SMILES string of the molecule is c1cnc(Nc2cccc(C3CCN(Cc4ccc5ncccc5c4)CC3)n2)nc1. The first kappa shape index (κ1) is 18.6. The lowest BCUT2D eigenvalue weighted by Gasteiger charge is -2.31. The lowest BCUT2D eigenvalue weighted by Crippen LogP contribution is -2.32. The third-order valence-corrected chi connectivity index (χ3v) is 5.66. The number of piperidine rings is 1. The number of aromatic nitrogens is 4. The molecular formula is C24H24N6. The lowest BCUT2D eigenvalue weighted by molar-refractivity contribution is 0.203. The van der Waals surface area contributed by atoms with Crippen LogP contribution >= 0.6 is 0 Å². The molecule has 0 spiro atoms. The van der Waals surface area contributed by atoms with Crippen LogP contribution in [0.1, 0.15) is 30.0 Å². The second-order valence-electron chi connectivity index (χ2n) is 7.73. The zero-order chi connectivity index (χ0) is 20.2. The van der Waals surface area contributed by atoms with Gasteiger partial charge >= 0.3 is 0 Å². The van der Waals surface area contributed by atoms with Crippen molar-refractivity contribution in [2.75, 3.05) is 18.4 Å². The number of hydrogen-bond acceptors (Lipinski definition) is 6. The number of hydrogen-bond donors (Lipinski definition) is 1. The van der Waals surface area contributed by atoms with Crippen LogP contribution in [0.5, 0.6) is 0 Å². The van der Waals surface area contributed by atoms with Crippen LogP contribution in [0.3, 0.4) is 0 Å². The van der Waals surface area contributed by atoms with Crippen molar-refractivity contribution in [3.05, 3.63) is 84.4 Å². The van der Waals surface area contributed by atoms with Crippen molar-refractivity contribution in [1.29, 1.82) is 0 Å². The molecule has 1 aliphatic rings. The van der Waals surface area contributed by atoms with Gasteiger partial charge in [0.2, 0.25) is 5.95 Å². The molecule has 30 heavy (non-hydrogen) atoms. The van der Waals surface area contributed by atoms with E-state index < -0.39 is 0 Å². The van der Waals surface area contributed by atoms with E-state index in [0.29, 0.717) is 11.9 Å². The summed E-state index contributed by atoms with van der Waals surface area (Å²) in [6, 6.07) is 18.7. The van der Waals surface area contributed by atoms with Crippen LogP contribution in [0.2, 0.25) is 0 Å². The van der Waals surface area contributed by atoms with Gasteiger partial charge in [-0.25, -0.2) is 15.0 Å². The Morgan fingerprint density at radius 3 is 2.57 bits per heavy atom. The van der Waals surface area contributed by atoms with E-state index in [1.165, 1.54) is 10.9 Å². The van der Waals surface area contributed by atoms with Gasteiger partial charge in [0.25, 0.3) is 0 Å². The first-order valence-corrected chi connectivity index (χ1v) is 10.4. The van der Waals surface area contributed by atoms with Crippen LogP contribution in [0.15, 0.2) is 73.2 Å². The van der Waals surface area contributed by atoms with E-state index in [1.54, 1.807) is 18.5 Å². The Bertz CT molecular complexity index is 1120. The summed E-state index contributed by atoms with van der Waals surface area (Å²) in [5.41, 5.74) is 3.55. The summed E-state index contributed by atoms with van der Waals surface area (Å²) in [5, 5.41) is 4.40. The minimum atomic E-state index is 0.487. The van der Waals surface area contributed by atoms with E-state index in [2.05, 4.69) is 61.6 Å². The molecule has 150 valence electrons. The molecule has 1 aromatic carbocycles. The van der Waals surface area contributed by atoms with E-state index in [0.717, 1.165) is 49.5 Å². The van der Waals surface area contributed by atoms with Gasteiger partial charge in [0.1, 0.15) is 5.82 Å². The molecule has 0 bridgehead atoms. The maximum absolute atomic E-state index is 4.82. The fourth-order valence-electron chi connectivity index (χ4n) is 4.10. The van der Waals surface area contributed by atoms with Gasteiger partial charge in [0.05, 0.1) is 5.52 Å². The molecule has 0 unspecified atom stereocenters. The van der Waals surface area contributed by atoms with Crippen molar-refractivity contribution in [2.24, 2.45) is 0 Å². The molecule has 4 aromatic rings. The predicted octanol–water partition coefficient (Wildman–Crippen LogP) is 4.54.